The van der Waals surface area contributed by atoms with E-state index in [0.717, 1.165) is 12.1 Å². The number of H-pyrrole nitrogens is 2. The quantitative estimate of drug-likeness (QED) is 0.653. The summed E-state index contributed by atoms with van der Waals surface area (Å²) in [5.41, 5.74) is -2.69. The lowest BCUT2D eigenvalue weighted by Crippen LogP contribution is -2.33. The third kappa shape index (κ3) is 3.92. The van der Waals surface area contributed by atoms with Crippen molar-refractivity contribution >= 4 is 11.6 Å². The van der Waals surface area contributed by atoms with Crippen LogP contribution in [0.15, 0.2) is 32.6 Å². The fourth-order valence-corrected chi connectivity index (χ4v) is 2.65. The molecule has 2 heterocycles. The number of aromatic nitrogens is 5. The number of hydrogen-bond donors (Lipinski definition) is 2. The highest BCUT2D eigenvalue weighted by atomic mass is 35.5. The lowest BCUT2D eigenvalue weighted by molar-refractivity contribution is 0.413. The van der Waals surface area contributed by atoms with E-state index in [1.54, 1.807) is 13.8 Å². The molecule has 0 radical (unpaired) electrons. The summed E-state index contributed by atoms with van der Waals surface area (Å²) < 4.78 is 20.8. The van der Waals surface area contributed by atoms with E-state index < -0.39 is 34.1 Å². The fraction of sp³-hybridized carbons (Fsp3) is 0.176. The second-order valence-corrected chi connectivity index (χ2v) is 6.53. The lowest BCUT2D eigenvalue weighted by Gasteiger charge is -2.14. The predicted octanol–water partition coefficient (Wildman–Crippen LogP) is 1.58. The highest BCUT2D eigenvalue weighted by Crippen LogP contribution is 2.35. The number of nitrogens with zero attached hydrogens (tertiary/aromatic N) is 4. The van der Waals surface area contributed by atoms with E-state index in [-0.39, 0.29) is 22.5 Å². The second-order valence-electron chi connectivity index (χ2n) is 6.12. The van der Waals surface area contributed by atoms with Gasteiger partial charge >= 0.3 is 5.69 Å². The smallest absolute Gasteiger partial charge is 0.349 e. The average Bonchev–Trinajstić information content (AvgIpc) is 2.65. The zero-order valence-electron chi connectivity index (χ0n) is 15.0. The fourth-order valence-electron chi connectivity index (χ4n) is 2.41. The van der Waals surface area contributed by atoms with Crippen LogP contribution in [0, 0.1) is 17.1 Å². The number of hydrogen-bond acceptors (Lipinski definition) is 7. The molecule has 0 amide bonds. The van der Waals surface area contributed by atoms with E-state index >= 15 is 0 Å². The van der Waals surface area contributed by atoms with Gasteiger partial charge in [0.1, 0.15) is 6.07 Å². The molecular formula is C17H12ClFN6O4. The summed E-state index contributed by atoms with van der Waals surface area (Å²) in [5, 5.41) is 18.2. The lowest BCUT2D eigenvalue weighted by atomic mass is 10.1. The Morgan fingerprint density at radius 3 is 2.62 bits per heavy atom. The van der Waals surface area contributed by atoms with Gasteiger partial charge in [-0.3, -0.25) is 14.6 Å². The number of rotatable bonds is 4. The Kier molecular flexibility index (Phi) is 5.29. The van der Waals surface area contributed by atoms with Crippen molar-refractivity contribution in [1.82, 2.24) is 25.0 Å². The van der Waals surface area contributed by atoms with Gasteiger partial charge in [-0.1, -0.05) is 25.4 Å². The average molecular weight is 419 g/mol. The number of ether oxygens (including phenoxy) is 1. The van der Waals surface area contributed by atoms with Crippen molar-refractivity contribution in [2.45, 2.75) is 19.8 Å². The standard InChI is InChI=1S/C17H12ClFN6O4/c1-7(2)9-5-13(26)22-23-16(9)29-14-10(18)3-8(4-11(14)19)25-17(28)21-15(27)12(6-20)24-25/h3-5,7H,1-2H3,(H,22,26)(H,21,27,28). The predicted molar refractivity (Wildman–Crippen MR) is 99.2 cm³/mol. The Balaban J connectivity index is 2.09. The molecule has 0 aliphatic heterocycles. The molecule has 0 unspecified atom stereocenters. The molecule has 3 aromatic rings. The van der Waals surface area contributed by atoms with E-state index in [1.165, 1.54) is 12.1 Å². The zero-order chi connectivity index (χ0) is 21.3. The number of aromatic amines is 2. The van der Waals surface area contributed by atoms with E-state index in [4.69, 9.17) is 21.6 Å². The van der Waals surface area contributed by atoms with Crippen molar-refractivity contribution in [3.63, 3.8) is 0 Å². The van der Waals surface area contributed by atoms with Crippen LogP contribution in [-0.4, -0.2) is 25.0 Å². The van der Waals surface area contributed by atoms with Gasteiger partial charge in [-0.2, -0.15) is 9.94 Å². The first kappa shape index (κ1) is 20.0. The van der Waals surface area contributed by atoms with Gasteiger partial charge in [-0.15, -0.1) is 10.2 Å². The maximum atomic E-state index is 14.7. The van der Waals surface area contributed by atoms with Crippen LogP contribution in [0.2, 0.25) is 5.02 Å². The molecule has 2 N–H and O–H groups in total. The third-order valence-corrected chi connectivity index (χ3v) is 4.06. The topological polar surface area (TPSA) is 147 Å². The van der Waals surface area contributed by atoms with Crippen LogP contribution in [0.25, 0.3) is 5.69 Å². The Bertz CT molecular complexity index is 1300. The highest BCUT2D eigenvalue weighted by Gasteiger charge is 2.19. The van der Waals surface area contributed by atoms with Crippen LogP contribution in [0.1, 0.15) is 31.0 Å². The van der Waals surface area contributed by atoms with Crippen molar-refractivity contribution < 1.29 is 9.13 Å². The Labute approximate surface area is 166 Å². The van der Waals surface area contributed by atoms with Crippen LogP contribution in [0.3, 0.4) is 0 Å². The molecule has 12 heteroatoms. The number of nitrogens with one attached hydrogen (secondary N) is 2. The first-order chi connectivity index (χ1) is 13.7. The zero-order valence-corrected chi connectivity index (χ0v) is 15.7. The van der Waals surface area contributed by atoms with Crippen molar-refractivity contribution in [3.8, 4) is 23.4 Å². The van der Waals surface area contributed by atoms with E-state index in [1.807, 2.05) is 4.98 Å². The van der Waals surface area contributed by atoms with Crippen LogP contribution >= 0.6 is 11.6 Å². The minimum Gasteiger partial charge on any atom is -0.433 e. The molecular weight excluding hydrogens is 407 g/mol. The highest BCUT2D eigenvalue weighted by molar-refractivity contribution is 6.32. The van der Waals surface area contributed by atoms with Crippen molar-refractivity contribution in [1.29, 1.82) is 5.26 Å². The molecule has 0 saturated heterocycles. The molecule has 1 aromatic carbocycles. The van der Waals surface area contributed by atoms with Crippen molar-refractivity contribution in [2.75, 3.05) is 0 Å². The monoisotopic (exact) mass is 418 g/mol. The van der Waals surface area contributed by atoms with Crippen LogP contribution in [0.4, 0.5) is 4.39 Å². The van der Waals surface area contributed by atoms with Gasteiger partial charge in [-0.05, 0) is 12.0 Å². The minimum atomic E-state index is -0.984. The summed E-state index contributed by atoms with van der Waals surface area (Å²) >= 11 is 6.11. The van der Waals surface area contributed by atoms with Gasteiger partial charge in [0.15, 0.2) is 11.6 Å². The summed E-state index contributed by atoms with van der Waals surface area (Å²) in [6.07, 6.45) is 0. The summed E-state index contributed by atoms with van der Waals surface area (Å²) in [6.45, 7) is 3.59. The molecule has 0 bridgehead atoms. The molecule has 0 aliphatic rings. The molecule has 0 fully saturated rings. The normalized spacial score (nSPS) is 10.8. The summed E-state index contributed by atoms with van der Waals surface area (Å²) in [4.78, 5) is 36.8. The molecule has 0 spiro atoms. The molecule has 0 atom stereocenters. The number of halogens is 2. The first-order valence-electron chi connectivity index (χ1n) is 8.12. The van der Waals surface area contributed by atoms with Gasteiger partial charge in [0, 0.05) is 17.7 Å². The van der Waals surface area contributed by atoms with Crippen LogP contribution in [0.5, 0.6) is 11.6 Å². The van der Waals surface area contributed by atoms with Crippen molar-refractivity contribution in [3.05, 3.63) is 71.5 Å². The SMILES string of the molecule is CC(C)c1cc(=O)[nH]nc1Oc1c(F)cc(-n2nc(C#N)c(=O)[nH]c2=O)cc1Cl. The summed E-state index contributed by atoms with van der Waals surface area (Å²) in [5.74, 6) is -1.54. The summed E-state index contributed by atoms with van der Waals surface area (Å²) in [6, 6.07) is 4.85. The molecule has 2 aromatic heterocycles. The Hall–Kier alpha value is -3.78. The molecule has 0 saturated carbocycles. The molecule has 10 nitrogen and oxygen atoms in total. The van der Waals surface area contributed by atoms with Crippen LogP contribution in [-0.2, 0) is 0 Å². The molecule has 29 heavy (non-hydrogen) atoms. The van der Waals surface area contributed by atoms with Gasteiger partial charge in [0.2, 0.25) is 11.6 Å². The maximum Gasteiger partial charge on any atom is 0.349 e. The van der Waals surface area contributed by atoms with Crippen LogP contribution < -0.4 is 21.5 Å². The maximum absolute atomic E-state index is 14.7. The second kappa shape index (κ2) is 7.69. The molecule has 0 aliphatic carbocycles. The largest absolute Gasteiger partial charge is 0.433 e. The van der Waals surface area contributed by atoms with Gasteiger partial charge in [0.05, 0.1) is 10.7 Å². The number of benzene rings is 1. The first-order valence-corrected chi connectivity index (χ1v) is 8.49. The molecule has 3 rings (SSSR count). The van der Waals surface area contributed by atoms with E-state index in [0.29, 0.717) is 10.2 Å². The van der Waals surface area contributed by atoms with Gasteiger partial charge < -0.3 is 4.74 Å². The van der Waals surface area contributed by atoms with E-state index in [9.17, 15) is 18.8 Å². The van der Waals surface area contributed by atoms with E-state index in [2.05, 4.69) is 15.3 Å². The summed E-state index contributed by atoms with van der Waals surface area (Å²) in [7, 11) is 0. The number of nitriles is 1. The van der Waals surface area contributed by atoms with Crippen molar-refractivity contribution in [2.24, 2.45) is 0 Å². The third-order valence-electron chi connectivity index (χ3n) is 3.78. The minimum absolute atomic E-state index is 0.0424. The van der Waals surface area contributed by atoms with Gasteiger partial charge in [-0.25, -0.2) is 14.3 Å². The van der Waals surface area contributed by atoms with Gasteiger partial charge in [0.25, 0.3) is 11.1 Å². The Morgan fingerprint density at radius 2 is 2.00 bits per heavy atom. The Morgan fingerprint density at radius 1 is 1.28 bits per heavy atom. The molecule has 148 valence electrons.